The normalized spacial score (nSPS) is 21.2. The molecule has 0 radical (unpaired) electrons. The van der Waals surface area contributed by atoms with Gasteiger partial charge in [-0.3, -0.25) is 20.3 Å². The summed E-state index contributed by atoms with van der Waals surface area (Å²) >= 11 is 0. The van der Waals surface area contributed by atoms with Crippen LogP contribution in [0.3, 0.4) is 0 Å². The van der Waals surface area contributed by atoms with E-state index in [1.165, 1.54) is 0 Å². The zero-order chi connectivity index (χ0) is 15.3. The second-order valence-electron chi connectivity index (χ2n) is 5.64. The Morgan fingerprint density at radius 2 is 2.15 bits per heavy atom. The van der Waals surface area contributed by atoms with Crippen LogP contribution in [0.1, 0.15) is 47.0 Å². The summed E-state index contributed by atoms with van der Waals surface area (Å²) in [5.41, 5.74) is 0.479. The molecule has 0 saturated carbocycles. The van der Waals surface area contributed by atoms with Crippen molar-refractivity contribution < 1.29 is 9.59 Å². The summed E-state index contributed by atoms with van der Waals surface area (Å²) in [6, 6.07) is 0. The van der Waals surface area contributed by atoms with Gasteiger partial charge in [0.2, 0.25) is 11.8 Å². The Hall–Kier alpha value is -1.78. The van der Waals surface area contributed by atoms with E-state index in [1.54, 1.807) is 6.21 Å². The van der Waals surface area contributed by atoms with E-state index >= 15 is 0 Å². The minimum absolute atomic E-state index is 0.224. The maximum Gasteiger partial charge on any atom is 0.234 e. The van der Waals surface area contributed by atoms with Gasteiger partial charge in [-0.05, 0) is 25.3 Å². The summed E-state index contributed by atoms with van der Waals surface area (Å²) < 4.78 is 0. The van der Waals surface area contributed by atoms with Crippen LogP contribution < -0.4 is 5.32 Å². The molecular formula is C15H23N3O2. The molecule has 20 heavy (non-hydrogen) atoms. The molecule has 5 nitrogen and oxygen atoms in total. The molecule has 0 aromatic carbocycles. The molecular weight excluding hydrogens is 254 g/mol. The lowest BCUT2D eigenvalue weighted by atomic mass is 9.88. The summed E-state index contributed by atoms with van der Waals surface area (Å²) in [6.45, 7) is 7.78. The Morgan fingerprint density at radius 3 is 2.65 bits per heavy atom. The number of carbonyl (C=O) groups excluding carboxylic acids is 2. The lowest BCUT2D eigenvalue weighted by Gasteiger charge is -2.23. The third-order valence-corrected chi connectivity index (χ3v) is 3.84. The number of imide groups is 1. The zero-order valence-corrected chi connectivity index (χ0v) is 12.6. The molecule has 1 aliphatic heterocycles. The molecule has 0 aromatic rings. The van der Waals surface area contributed by atoms with E-state index < -0.39 is 0 Å². The van der Waals surface area contributed by atoms with E-state index in [0.29, 0.717) is 18.7 Å². The molecule has 0 aliphatic carbocycles. The maximum absolute atomic E-state index is 11.8. The zero-order valence-electron chi connectivity index (χ0n) is 12.6. The maximum atomic E-state index is 11.8. The summed E-state index contributed by atoms with van der Waals surface area (Å²) in [7, 11) is 0. The van der Waals surface area contributed by atoms with Crippen molar-refractivity contribution in [1.29, 1.82) is 5.41 Å². The average molecular weight is 277 g/mol. The van der Waals surface area contributed by atoms with Crippen molar-refractivity contribution in [3.63, 3.8) is 0 Å². The van der Waals surface area contributed by atoms with E-state index in [9.17, 15) is 9.59 Å². The molecule has 5 heteroatoms. The molecule has 1 aliphatic rings. The van der Waals surface area contributed by atoms with Crippen LogP contribution in [0.4, 0.5) is 0 Å². The highest BCUT2D eigenvalue weighted by Gasteiger charge is 2.29. The number of nitrogens with one attached hydrogen (secondary N) is 2. The van der Waals surface area contributed by atoms with Crippen LogP contribution in [0.2, 0.25) is 0 Å². The van der Waals surface area contributed by atoms with Crippen molar-refractivity contribution in [2.45, 2.75) is 47.0 Å². The highest BCUT2D eigenvalue weighted by molar-refractivity contribution is 6.04. The van der Waals surface area contributed by atoms with Gasteiger partial charge in [0.1, 0.15) is 5.84 Å². The molecule has 0 bridgehead atoms. The largest absolute Gasteiger partial charge is 0.296 e. The first-order valence-corrected chi connectivity index (χ1v) is 6.94. The summed E-state index contributed by atoms with van der Waals surface area (Å²) in [5.74, 6) is -0.550. The van der Waals surface area contributed by atoms with E-state index in [0.717, 1.165) is 12.0 Å². The minimum Gasteiger partial charge on any atom is -0.296 e. The highest BCUT2D eigenvalue weighted by atomic mass is 16.2. The van der Waals surface area contributed by atoms with Crippen LogP contribution >= 0.6 is 0 Å². The fourth-order valence-corrected chi connectivity index (χ4v) is 1.86. The highest BCUT2D eigenvalue weighted by Crippen LogP contribution is 2.23. The number of carbonyl (C=O) groups is 2. The monoisotopic (exact) mass is 277 g/mol. The first kappa shape index (κ1) is 16.3. The number of hydrogen-bond acceptors (Lipinski definition) is 3. The fraction of sp³-hybridized carbons (Fsp3) is 0.600. The van der Waals surface area contributed by atoms with Crippen LogP contribution in [-0.2, 0) is 9.59 Å². The van der Waals surface area contributed by atoms with Gasteiger partial charge in [0.05, 0.1) is 5.92 Å². The molecule has 0 aromatic heterocycles. The number of amides is 2. The van der Waals surface area contributed by atoms with Gasteiger partial charge in [0.15, 0.2) is 0 Å². The summed E-state index contributed by atoms with van der Waals surface area (Å²) in [5, 5.41) is 10.3. The Morgan fingerprint density at radius 1 is 1.50 bits per heavy atom. The Bertz CT molecular complexity index is 476. The number of allylic oxidation sites excluding steroid dienone is 1. The van der Waals surface area contributed by atoms with Crippen LogP contribution in [0, 0.1) is 16.7 Å². The third kappa shape index (κ3) is 3.85. The number of nitrogens with zero attached hydrogens (tertiary/aromatic N) is 1. The van der Waals surface area contributed by atoms with Gasteiger partial charge in [0.25, 0.3) is 0 Å². The molecule has 0 spiro atoms. The second-order valence-corrected chi connectivity index (χ2v) is 5.64. The molecule has 1 heterocycles. The third-order valence-electron chi connectivity index (χ3n) is 3.84. The van der Waals surface area contributed by atoms with Crippen molar-refractivity contribution in [3.8, 4) is 0 Å². The molecule has 1 saturated heterocycles. The van der Waals surface area contributed by atoms with Crippen molar-refractivity contribution in [3.05, 3.63) is 11.6 Å². The number of rotatable bonds is 4. The number of amidine groups is 1. The second kappa shape index (κ2) is 6.59. The molecule has 1 atom stereocenters. The van der Waals surface area contributed by atoms with Crippen molar-refractivity contribution >= 4 is 23.9 Å². The van der Waals surface area contributed by atoms with Crippen molar-refractivity contribution in [2.24, 2.45) is 16.3 Å². The van der Waals surface area contributed by atoms with Gasteiger partial charge < -0.3 is 0 Å². The molecule has 2 amide bonds. The number of hydrogen-bond donors (Lipinski definition) is 2. The van der Waals surface area contributed by atoms with Crippen LogP contribution in [0.15, 0.2) is 16.6 Å². The molecule has 1 unspecified atom stereocenters. The predicted octanol–water partition coefficient (Wildman–Crippen LogP) is 2.47. The van der Waals surface area contributed by atoms with Crippen LogP contribution in [-0.4, -0.2) is 23.9 Å². The Balaban J connectivity index is 2.81. The minimum atomic E-state index is -0.348. The van der Waals surface area contributed by atoms with Gasteiger partial charge in [-0.15, -0.1) is 0 Å². The standard InChI is InChI=1S/C15H23N3O2/c1-5-10(9-17-14(16)15(3,4)6-2)11-7-8-12(19)18-13(11)20/h5,9,11,16H,6-8H2,1-4H3,(H,18,19,20)/b10-5+,16-14?,17-9?. The average Bonchev–Trinajstić information content (AvgIpc) is 2.40. The van der Waals surface area contributed by atoms with Crippen molar-refractivity contribution in [1.82, 2.24) is 5.32 Å². The lowest BCUT2D eigenvalue weighted by Crippen LogP contribution is -2.41. The molecule has 1 fully saturated rings. The van der Waals surface area contributed by atoms with Crippen LogP contribution in [0.5, 0.6) is 0 Å². The topological polar surface area (TPSA) is 82.4 Å². The van der Waals surface area contributed by atoms with E-state index in [-0.39, 0.29) is 23.1 Å². The Labute approximate surface area is 120 Å². The van der Waals surface area contributed by atoms with Gasteiger partial charge in [-0.1, -0.05) is 26.8 Å². The fourth-order valence-electron chi connectivity index (χ4n) is 1.86. The van der Waals surface area contributed by atoms with Crippen LogP contribution in [0.25, 0.3) is 0 Å². The van der Waals surface area contributed by atoms with Gasteiger partial charge in [-0.25, -0.2) is 4.99 Å². The summed E-state index contributed by atoms with van der Waals surface area (Å²) in [4.78, 5) is 27.2. The van der Waals surface area contributed by atoms with Gasteiger partial charge in [0, 0.05) is 18.1 Å². The van der Waals surface area contributed by atoms with E-state index in [1.807, 2.05) is 33.8 Å². The number of aliphatic imine (C=N–C) groups is 1. The molecule has 2 N–H and O–H groups in total. The van der Waals surface area contributed by atoms with Gasteiger partial charge >= 0.3 is 0 Å². The quantitative estimate of drug-likeness (QED) is 0.470. The first-order chi connectivity index (χ1) is 9.31. The Kier molecular flexibility index (Phi) is 5.36. The summed E-state index contributed by atoms with van der Waals surface area (Å²) in [6.07, 6.45) is 5.07. The first-order valence-electron chi connectivity index (χ1n) is 6.94. The lowest BCUT2D eigenvalue weighted by molar-refractivity contribution is -0.135. The van der Waals surface area contributed by atoms with E-state index in [2.05, 4.69) is 10.3 Å². The molecule has 1 rings (SSSR count). The molecule has 110 valence electrons. The smallest absolute Gasteiger partial charge is 0.234 e. The van der Waals surface area contributed by atoms with Crippen molar-refractivity contribution in [2.75, 3.05) is 0 Å². The number of piperidine rings is 1. The van der Waals surface area contributed by atoms with E-state index in [4.69, 9.17) is 5.41 Å². The SMILES string of the molecule is C/C=C(\C=NC(=N)C(C)(C)CC)C1CCC(=O)NC1=O. The predicted molar refractivity (Wildman–Crippen MR) is 79.9 cm³/mol. The van der Waals surface area contributed by atoms with Gasteiger partial charge in [-0.2, -0.15) is 0 Å².